The van der Waals surface area contributed by atoms with E-state index in [1.165, 1.54) is 11.9 Å². The Labute approximate surface area is 128 Å². The molecule has 1 unspecified atom stereocenters. The summed E-state index contributed by atoms with van der Waals surface area (Å²) in [6.07, 6.45) is 0.990. The van der Waals surface area contributed by atoms with Gasteiger partial charge in [0.2, 0.25) is 11.8 Å². The molecule has 1 fully saturated rings. The zero-order valence-electron chi connectivity index (χ0n) is 10.5. The molecule has 0 bridgehead atoms. The predicted molar refractivity (Wildman–Crippen MR) is 79.5 cm³/mol. The average molecular weight is 390 g/mol. The molecule has 2 rings (SSSR count). The van der Waals surface area contributed by atoms with Crippen molar-refractivity contribution < 1.29 is 9.59 Å². The number of hydrogen-bond donors (Lipinski definition) is 1. The summed E-state index contributed by atoms with van der Waals surface area (Å²) in [5.41, 5.74) is 1.09. The van der Waals surface area contributed by atoms with Crippen molar-refractivity contribution in [3.05, 3.63) is 32.7 Å². The second kappa shape index (κ2) is 6.15. The molecule has 102 valence electrons. The third-order valence-corrected chi connectivity index (χ3v) is 5.07. The predicted octanol–water partition coefficient (Wildman–Crippen LogP) is 2.45. The maximum Gasteiger partial charge on any atom is 0.246 e. The van der Waals surface area contributed by atoms with E-state index < -0.39 is 0 Å². The van der Waals surface area contributed by atoms with Crippen LogP contribution in [-0.2, 0) is 16.1 Å². The Kier molecular flexibility index (Phi) is 4.76. The molecular formula is C13H14Br2N2O2. The molecule has 0 saturated carbocycles. The molecular weight excluding hydrogens is 376 g/mol. The smallest absolute Gasteiger partial charge is 0.246 e. The quantitative estimate of drug-likeness (QED) is 0.807. The van der Waals surface area contributed by atoms with E-state index in [0.29, 0.717) is 19.4 Å². The van der Waals surface area contributed by atoms with Crippen LogP contribution in [0.5, 0.6) is 0 Å². The van der Waals surface area contributed by atoms with Gasteiger partial charge in [0.1, 0.15) is 0 Å². The summed E-state index contributed by atoms with van der Waals surface area (Å²) < 4.78 is 1.98. The lowest BCUT2D eigenvalue weighted by atomic mass is 10.0. The van der Waals surface area contributed by atoms with Crippen molar-refractivity contribution in [2.45, 2.75) is 25.4 Å². The molecule has 4 nitrogen and oxygen atoms in total. The Morgan fingerprint density at radius 1 is 1.32 bits per heavy atom. The highest BCUT2D eigenvalue weighted by Gasteiger charge is 2.31. The van der Waals surface area contributed by atoms with E-state index >= 15 is 0 Å². The number of rotatable bonds is 3. The largest absolute Gasteiger partial charge is 0.302 e. The molecule has 6 heteroatoms. The summed E-state index contributed by atoms with van der Waals surface area (Å²) in [6, 6.07) is 5.67. The lowest BCUT2D eigenvalue weighted by molar-refractivity contribution is -0.148. The summed E-state index contributed by atoms with van der Waals surface area (Å²) in [4.78, 5) is 24.5. The number of piperidine rings is 1. The van der Waals surface area contributed by atoms with E-state index in [1.807, 2.05) is 18.2 Å². The van der Waals surface area contributed by atoms with Gasteiger partial charge in [0, 0.05) is 29.0 Å². The molecule has 1 heterocycles. The number of likely N-dealkylation sites (tertiary alicyclic amines) is 1. The van der Waals surface area contributed by atoms with Crippen molar-refractivity contribution in [2.24, 2.45) is 0 Å². The van der Waals surface area contributed by atoms with Crippen LogP contribution in [0.25, 0.3) is 0 Å². The van der Waals surface area contributed by atoms with E-state index in [4.69, 9.17) is 0 Å². The van der Waals surface area contributed by atoms with Gasteiger partial charge in [0.25, 0.3) is 0 Å². The number of halogens is 2. The summed E-state index contributed by atoms with van der Waals surface area (Å²) in [5, 5.41) is 3.21. The van der Waals surface area contributed by atoms with Crippen LogP contribution in [0.3, 0.4) is 0 Å². The Balaban J connectivity index is 1.97. The zero-order valence-corrected chi connectivity index (χ0v) is 13.6. The van der Waals surface area contributed by atoms with Gasteiger partial charge < -0.3 is 5.32 Å². The van der Waals surface area contributed by atoms with Gasteiger partial charge in [-0.25, -0.2) is 0 Å². The molecule has 2 amide bonds. The maximum atomic E-state index is 11.9. The number of nitrogens with one attached hydrogen (secondary N) is 1. The minimum atomic E-state index is -0.273. The van der Waals surface area contributed by atoms with Crippen LogP contribution >= 0.6 is 31.9 Å². The third-order valence-electron chi connectivity index (χ3n) is 3.19. The van der Waals surface area contributed by atoms with Crippen LogP contribution in [0.15, 0.2) is 27.1 Å². The fourth-order valence-electron chi connectivity index (χ4n) is 2.00. The second-order valence-corrected chi connectivity index (χ2v) is 6.22. The third kappa shape index (κ3) is 3.43. The Bertz CT molecular complexity index is 519. The summed E-state index contributed by atoms with van der Waals surface area (Å²) in [6.45, 7) is 0.602. The molecule has 1 aliphatic rings. The van der Waals surface area contributed by atoms with E-state index in [1.54, 1.807) is 0 Å². The van der Waals surface area contributed by atoms with Crippen molar-refractivity contribution in [3.8, 4) is 0 Å². The van der Waals surface area contributed by atoms with Crippen LogP contribution < -0.4 is 5.32 Å². The van der Waals surface area contributed by atoms with Crippen molar-refractivity contribution in [1.29, 1.82) is 0 Å². The summed E-state index contributed by atoms with van der Waals surface area (Å²) >= 11 is 6.86. The van der Waals surface area contributed by atoms with Gasteiger partial charge in [-0.15, -0.1) is 0 Å². The molecule has 19 heavy (non-hydrogen) atoms. The van der Waals surface area contributed by atoms with Crippen LogP contribution in [0, 0.1) is 0 Å². The number of amides is 2. The second-order valence-electron chi connectivity index (χ2n) is 4.51. The van der Waals surface area contributed by atoms with Crippen LogP contribution in [0.1, 0.15) is 18.4 Å². The van der Waals surface area contributed by atoms with E-state index in [2.05, 4.69) is 37.2 Å². The van der Waals surface area contributed by atoms with Crippen molar-refractivity contribution >= 4 is 43.7 Å². The van der Waals surface area contributed by atoms with Crippen LogP contribution in [0.4, 0.5) is 0 Å². The average Bonchev–Trinajstić information content (AvgIpc) is 2.39. The fraction of sp³-hybridized carbons (Fsp3) is 0.385. The molecule has 0 radical (unpaired) electrons. The monoisotopic (exact) mass is 388 g/mol. The minimum absolute atomic E-state index is 0.102. The lowest BCUT2D eigenvalue weighted by Gasteiger charge is -2.28. The Morgan fingerprint density at radius 3 is 2.74 bits per heavy atom. The molecule has 1 atom stereocenters. The number of benzene rings is 1. The Morgan fingerprint density at radius 2 is 2.05 bits per heavy atom. The number of nitrogens with zero attached hydrogens (tertiary/aromatic N) is 1. The Hall–Kier alpha value is -0.720. The molecule has 1 aromatic rings. The van der Waals surface area contributed by atoms with Gasteiger partial charge in [-0.05, 0) is 56.0 Å². The van der Waals surface area contributed by atoms with Gasteiger partial charge >= 0.3 is 0 Å². The highest BCUT2D eigenvalue weighted by atomic mass is 79.9. The van der Waals surface area contributed by atoms with Crippen molar-refractivity contribution in [2.75, 3.05) is 7.05 Å². The standard InChI is InChI=1S/C13H14Br2N2O2/c1-17-12(18)5-4-11(13(17)19)16-7-8-2-3-9(14)10(15)6-8/h2-3,6,11,16H,4-5,7H2,1H3. The first-order valence-corrected chi connectivity index (χ1v) is 7.55. The van der Waals surface area contributed by atoms with Crippen LogP contribution in [-0.4, -0.2) is 29.8 Å². The molecule has 1 aliphatic heterocycles. The van der Waals surface area contributed by atoms with Gasteiger partial charge in [0.15, 0.2) is 0 Å². The number of hydrogen-bond acceptors (Lipinski definition) is 3. The molecule has 0 aliphatic carbocycles. The number of imide groups is 1. The van der Waals surface area contributed by atoms with E-state index in [-0.39, 0.29) is 17.9 Å². The molecule has 1 N–H and O–H groups in total. The molecule has 1 aromatic carbocycles. The first-order chi connectivity index (χ1) is 8.99. The topological polar surface area (TPSA) is 49.4 Å². The summed E-state index contributed by atoms with van der Waals surface area (Å²) in [7, 11) is 1.54. The molecule has 0 aromatic heterocycles. The van der Waals surface area contributed by atoms with Crippen molar-refractivity contribution in [1.82, 2.24) is 10.2 Å². The first-order valence-electron chi connectivity index (χ1n) is 5.96. The zero-order chi connectivity index (χ0) is 14.0. The SMILES string of the molecule is CN1C(=O)CCC(NCc2ccc(Br)c(Br)c2)C1=O. The lowest BCUT2D eigenvalue weighted by Crippen LogP contribution is -2.51. The van der Waals surface area contributed by atoms with E-state index in [9.17, 15) is 9.59 Å². The van der Waals surface area contributed by atoms with Crippen molar-refractivity contribution in [3.63, 3.8) is 0 Å². The van der Waals surface area contributed by atoms with Crippen LogP contribution in [0.2, 0.25) is 0 Å². The summed E-state index contributed by atoms with van der Waals surface area (Å²) in [5.74, 6) is -0.248. The minimum Gasteiger partial charge on any atom is -0.302 e. The molecule has 0 spiro atoms. The van der Waals surface area contributed by atoms with E-state index in [0.717, 1.165) is 14.5 Å². The van der Waals surface area contributed by atoms with Gasteiger partial charge in [-0.3, -0.25) is 14.5 Å². The number of carbonyl (C=O) groups is 2. The fourth-order valence-corrected chi connectivity index (χ4v) is 2.67. The molecule has 1 saturated heterocycles. The normalized spacial score (nSPS) is 19.9. The maximum absolute atomic E-state index is 11.9. The number of carbonyl (C=O) groups excluding carboxylic acids is 2. The van der Waals surface area contributed by atoms with Gasteiger partial charge in [0.05, 0.1) is 6.04 Å². The number of likely N-dealkylation sites (N-methyl/N-ethyl adjacent to an activating group) is 1. The first kappa shape index (κ1) is 14.7. The highest BCUT2D eigenvalue weighted by Crippen LogP contribution is 2.24. The van der Waals surface area contributed by atoms with Gasteiger partial charge in [-0.2, -0.15) is 0 Å². The highest BCUT2D eigenvalue weighted by molar-refractivity contribution is 9.13. The van der Waals surface area contributed by atoms with Gasteiger partial charge in [-0.1, -0.05) is 6.07 Å².